The summed E-state index contributed by atoms with van der Waals surface area (Å²) in [5.41, 5.74) is 10.1. The van der Waals surface area contributed by atoms with Crippen LogP contribution in [0.1, 0.15) is 61.6 Å². The third kappa shape index (κ3) is 2.49. The fourth-order valence-electron chi connectivity index (χ4n) is 4.53. The molecular weight excluding hydrogens is 330 g/mol. The van der Waals surface area contributed by atoms with Gasteiger partial charge >= 0.3 is 0 Å². The van der Waals surface area contributed by atoms with Crippen molar-refractivity contribution >= 4 is 11.1 Å². The Bertz CT molecular complexity index is 1010. The quantitative estimate of drug-likeness (QED) is 0.670. The molecule has 3 aromatic rings. The lowest BCUT2D eigenvalue weighted by atomic mass is 9.98. The molecule has 1 atom stereocenters. The molecule has 2 aliphatic rings. The fraction of sp³-hybridized carbons (Fsp3) is 0.526. The third-order valence-corrected chi connectivity index (χ3v) is 5.89. The summed E-state index contributed by atoms with van der Waals surface area (Å²) in [4.78, 5) is 20.2. The van der Waals surface area contributed by atoms with Crippen molar-refractivity contribution in [2.24, 2.45) is 11.7 Å². The van der Waals surface area contributed by atoms with Gasteiger partial charge in [0.15, 0.2) is 0 Å². The first kappa shape index (κ1) is 15.8. The van der Waals surface area contributed by atoms with Crippen LogP contribution < -0.4 is 11.3 Å². The summed E-state index contributed by atoms with van der Waals surface area (Å²) >= 11 is 0. The molecule has 0 radical (unpaired) electrons. The number of nitrogens with two attached hydrogens (primary N) is 1. The van der Waals surface area contributed by atoms with Crippen LogP contribution in [0, 0.1) is 5.92 Å². The molecule has 0 aliphatic heterocycles. The summed E-state index contributed by atoms with van der Waals surface area (Å²) in [6, 6.07) is -0.240. The van der Waals surface area contributed by atoms with Crippen LogP contribution >= 0.6 is 0 Å². The standard InChI is InChI=1S/C19H23N5O2/c20-13(8-10-4-1-2-5-10)18-22-15-11-6-3-7-14-12(9-21-24-14)16(11)26-17(15)19(25)23-18/h9-10,13H,1-8,20H2,(H,21,24)(H,22,23,25). The minimum Gasteiger partial charge on any atom is -0.448 e. The molecule has 3 heterocycles. The predicted molar refractivity (Wildman–Crippen MR) is 97.7 cm³/mol. The molecule has 0 bridgehead atoms. The van der Waals surface area contributed by atoms with Crippen molar-refractivity contribution in [1.29, 1.82) is 0 Å². The zero-order chi connectivity index (χ0) is 17.7. The Labute approximate surface area is 150 Å². The Morgan fingerprint density at radius 3 is 2.96 bits per heavy atom. The predicted octanol–water partition coefficient (Wildman–Crippen LogP) is 2.98. The maximum Gasteiger partial charge on any atom is 0.294 e. The Balaban J connectivity index is 1.59. The zero-order valence-corrected chi connectivity index (χ0v) is 14.7. The molecule has 7 nitrogen and oxygen atoms in total. The lowest BCUT2D eigenvalue weighted by Gasteiger charge is -2.15. The summed E-state index contributed by atoms with van der Waals surface area (Å²) in [6.45, 7) is 0. The number of aromatic amines is 2. The van der Waals surface area contributed by atoms with E-state index >= 15 is 0 Å². The zero-order valence-electron chi connectivity index (χ0n) is 14.7. The monoisotopic (exact) mass is 353 g/mol. The van der Waals surface area contributed by atoms with Crippen molar-refractivity contribution < 1.29 is 4.42 Å². The van der Waals surface area contributed by atoms with E-state index in [1.807, 2.05) is 0 Å². The number of aromatic nitrogens is 4. The summed E-state index contributed by atoms with van der Waals surface area (Å²) < 4.78 is 5.95. The van der Waals surface area contributed by atoms with Crippen molar-refractivity contribution in [3.63, 3.8) is 0 Å². The molecule has 136 valence electrons. The number of furan rings is 1. The van der Waals surface area contributed by atoms with Crippen molar-refractivity contribution in [2.75, 3.05) is 0 Å². The molecule has 0 aromatic carbocycles. The van der Waals surface area contributed by atoms with Gasteiger partial charge in [0.25, 0.3) is 5.56 Å². The molecule has 0 spiro atoms. The third-order valence-electron chi connectivity index (χ3n) is 5.89. The summed E-state index contributed by atoms with van der Waals surface area (Å²) in [5, 5.41) is 7.16. The SMILES string of the molecule is NC(CC1CCCC1)c1nc2c3c(oc2c(=O)[nH]1)-c1cn[nH]c1CCC3. The molecular formula is C19H23N5O2. The molecule has 0 amide bonds. The van der Waals surface area contributed by atoms with Crippen molar-refractivity contribution in [1.82, 2.24) is 20.2 Å². The average molecular weight is 353 g/mol. The minimum absolute atomic E-state index is 0.240. The highest BCUT2D eigenvalue weighted by molar-refractivity contribution is 5.85. The highest BCUT2D eigenvalue weighted by atomic mass is 16.3. The minimum atomic E-state index is -0.245. The number of hydrogen-bond acceptors (Lipinski definition) is 5. The molecule has 4 N–H and O–H groups in total. The number of hydrogen-bond donors (Lipinski definition) is 3. The van der Waals surface area contributed by atoms with E-state index in [0.29, 0.717) is 22.8 Å². The van der Waals surface area contributed by atoms with E-state index in [4.69, 9.17) is 15.1 Å². The van der Waals surface area contributed by atoms with E-state index in [2.05, 4.69) is 15.2 Å². The van der Waals surface area contributed by atoms with Gasteiger partial charge in [-0.05, 0) is 31.6 Å². The maximum absolute atomic E-state index is 12.6. The molecule has 2 aliphatic carbocycles. The van der Waals surface area contributed by atoms with E-state index in [0.717, 1.165) is 48.3 Å². The highest BCUT2D eigenvalue weighted by Gasteiger charge is 2.27. The van der Waals surface area contributed by atoms with Crippen LogP contribution in [-0.4, -0.2) is 20.2 Å². The molecule has 5 rings (SSSR count). The second-order valence-corrected chi connectivity index (χ2v) is 7.65. The first-order valence-electron chi connectivity index (χ1n) is 9.54. The van der Waals surface area contributed by atoms with E-state index in [1.54, 1.807) is 6.20 Å². The van der Waals surface area contributed by atoms with Crippen LogP contribution in [0.15, 0.2) is 15.4 Å². The Kier molecular flexibility index (Phi) is 3.70. The summed E-state index contributed by atoms with van der Waals surface area (Å²) in [6.07, 6.45) is 10.4. The molecule has 1 fully saturated rings. The summed E-state index contributed by atoms with van der Waals surface area (Å²) in [7, 11) is 0. The normalized spacial score (nSPS) is 18.7. The van der Waals surface area contributed by atoms with Crippen LogP contribution in [0.2, 0.25) is 0 Å². The molecule has 0 saturated heterocycles. The first-order chi connectivity index (χ1) is 12.7. The number of fused-ring (bicyclic) bond motifs is 5. The number of H-pyrrole nitrogens is 2. The molecule has 3 aromatic heterocycles. The molecule has 7 heteroatoms. The van der Waals surface area contributed by atoms with Crippen LogP contribution in [0.5, 0.6) is 0 Å². The second kappa shape index (κ2) is 6.09. The lowest BCUT2D eigenvalue weighted by molar-refractivity contribution is 0.439. The van der Waals surface area contributed by atoms with Gasteiger partial charge in [-0.2, -0.15) is 5.10 Å². The van der Waals surface area contributed by atoms with Gasteiger partial charge in [0.1, 0.15) is 17.1 Å². The van der Waals surface area contributed by atoms with Gasteiger partial charge in [-0.15, -0.1) is 0 Å². The Morgan fingerprint density at radius 1 is 1.27 bits per heavy atom. The topological polar surface area (TPSA) is 114 Å². The molecule has 26 heavy (non-hydrogen) atoms. The van der Waals surface area contributed by atoms with Crippen molar-refractivity contribution in [3.05, 3.63) is 33.6 Å². The van der Waals surface area contributed by atoms with Crippen LogP contribution in [0.4, 0.5) is 0 Å². The Morgan fingerprint density at radius 2 is 2.12 bits per heavy atom. The lowest BCUT2D eigenvalue weighted by Crippen LogP contribution is -2.21. The number of nitrogens with one attached hydrogen (secondary N) is 2. The van der Waals surface area contributed by atoms with Crippen LogP contribution in [0.25, 0.3) is 22.4 Å². The van der Waals surface area contributed by atoms with E-state index < -0.39 is 0 Å². The second-order valence-electron chi connectivity index (χ2n) is 7.65. The number of nitrogens with zero attached hydrogens (tertiary/aromatic N) is 2. The van der Waals surface area contributed by atoms with Crippen molar-refractivity contribution in [2.45, 2.75) is 57.4 Å². The fourth-order valence-corrected chi connectivity index (χ4v) is 4.53. The van der Waals surface area contributed by atoms with Crippen molar-refractivity contribution in [3.8, 4) is 11.3 Å². The van der Waals surface area contributed by atoms with Crippen LogP contribution in [-0.2, 0) is 12.8 Å². The van der Waals surface area contributed by atoms with E-state index in [-0.39, 0.29) is 11.6 Å². The largest absolute Gasteiger partial charge is 0.448 e. The van der Waals surface area contributed by atoms with Gasteiger partial charge in [0, 0.05) is 11.3 Å². The summed E-state index contributed by atoms with van der Waals surface area (Å²) in [5.74, 6) is 1.94. The number of rotatable bonds is 3. The van der Waals surface area contributed by atoms with Gasteiger partial charge in [-0.1, -0.05) is 25.7 Å². The van der Waals surface area contributed by atoms with E-state index in [9.17, 15) is 4.79 Å². The smallest absolute Gasteiger partial charge is 0.294 e. The van der Waals surface area contributed by atoms with Gasteiger partial charge in [0.05, 0.1) is 17.8 Å². The van der Waals surface area contributed by atoms with Gasteiger partial charge in [0.2, 0.25) is 5.58 Å². The van der Waals surface area contributed by atoms with Crippen LogP contribution in [0.3, 0.4) is 0 Å². The first-order valence-corrected chi connectivity index (χ1v) is 9.54. The highest BCUT2D eigenvalue weighted by Crippen LogP contribution is 2.37. The maximum atomic E-state index is 12.6. The van der Waals surface area contributed by atoms with Gasteiger partial charge in [-0.25, -0.2) is 4.98 Å². The Hall–Kier alpha value is -2.41. The van der Waals surface area contributed by atoms with Gasteiger partial charge in [-0.3, -0.25) is 9.89 Å². The molecule has 1 unspecified atom stereocenters. The van der Waals surface area contributed by atoms with Gasteiger partial charge < -0.3 is 15.1 Å². The van der Waals surface area contributed by atoms with E-state index in [1.165, 1.54) is 25.7 Å². The molecule has 1 saturated carbocycles. The average Bonchev–Trinajstić information content (AvgIpc) is 3.34. The number of aryl methyl sites for hydroxylation is 2.